The average molecular weight is 262 g/mol. The van der Waals surface area contributed by atoms with Gasteiger partial charge in [0.05, 0.1) is 0 Å². The van der Waals surface area contributed by atoms with Crippen molar-refractivity contribution in [3.8, 4) is 0 Å². The first-order chi connectivity index (χ1) is 8.76. The van der Waals surface area contributed by atoms with E-state index in [1.54, 1.807) is 6.07 Å². The highest BCUT2D eigenvalue weighted by molar-refractivity contribution is 7.10. The molecule has 4 heteroatoms. The van der Waals surface area contributed by atoms with Gasteiger partial charge in [-0.3, -0.25) is 0 Å². The van der Waals surface area contributed by atoms with Gasteiger partial charge in [-0.15, -0.1) is 11.3 Å². The second-order valence-electron chi connectivity index (χ2n) is 4.56. The Morgan fingerprint density at radius 1 is 1.33 bits per heavy atom. The number of rotatable bonds is 2. The van der Waals surface area contributed by atoms with Gasteiger partial charge in [0.15, 0.2) is 0 Å². The van der Waals surface area contributed by atoms with Gasteiger partial charge in [0.1, 0.15) is 5.82 Å². The maximum atomic E-state index is 13.5. The minimum absolute atomic E-state index is 0.205. The second-order valence-corrected chi connectivity index (χ2v) is 5.56. The molecule has 2 N–H and O–H groups in total. The number of hydrogen-bond acceptors (Lipinski definition) is 3. The van der Waals surface area contributed by atoms with E-state index in [4.69, 9.17) is 5.73 Å². The lowest BCUT2D eigenvalue weighted by atomic mass is 10.1. The lowest BCUT2D eigenvalue weighted by molar-refractivity contribution is 0.623. The summed E-state index contributed by atoms with van der Waals surface area (Å²) in [4.78, 5) is 3.68. The standard InChI is InChI=1S/C14H15FN2S/c15-12-5-10(8-16)6-13(7-12)17-3-1-14-11(9-17)2-4-18-14/h2,4-7H,1,3,8-9,16H2. The van der Waals surface area contributed by atoms with Crippen molar-refractivity contribution >= 4 is 17.0 Å². The Bertz CT molecular complexity index is 565. The molecule has 1 aliphatic heterocycles. The van der Waals surface area contributed by atoms with E-state index >= 15 is 0 Å². The zero-order chi connectivity index (χ0) is 12.5. The lowest BCUT2D eigenvalue weighted by Crippen LogP contribution is -2.29. The number of hydrogen-bond donors (Lipinski definition) is 1. The normalized spacial score (nSPS) is 14.7. The van der Waals surface area contributed by atoms with Crippen molar-refractivity contribution in [2.24, 2.45) is 5.73 Å². The first-order valence-corrected chi connectivity index (χ1v) is 6.94. The minimum Gasteiger partial charge on any atom is -0.367 e. The summed E-state index contributed by atoms with van der Waals surface area (Å²) in [5.41, 5.74) is 8.74. The van der Waals surface area contributed by atoms with Gasteiger partial charge in [0.25, 0.3) is 0 Å². The molecule has 2 aromatic rings. The summed E-state index contributed by atoms with van der Waals surface area (Å²) in [6.45, 7) is 2.19. The first kappa shape index (κ1) is 11.7. The highest BCUT2D eigenvalue weighted by Gasteiger charge is 2.18. The van der Waals surface area contributed by atoms with Gasteiger partial charge in [-0.05, 0) is 47.2 Å². The van der Waals surface area contributed by atoms with E-state index in [1.165, 1.54) is 16.5 Å². The van der Waals surface area contributed by atoms with Gasteiger partial charge >= 0.3 is 0 Å². The molecule has 0 radical (unpaired) electrons. The molecule has 1 aliphatic rings. The van der Waals surface area contributed by atoms with Crippen LogP contribution in [0.5, 0.6) is 0 Å². The number of thiophene rings is 1. The molecule has 0 saturated carbocycles. The third-order valence-corrected chi connectivity index (χ3v) is 4.37. The molecular weight excluding hydrogens is 247 g/mol. The zero-order valence-electron chi connectivity index (χ0n) is 10.0. The fourth-order valence-corrected chi connectivity index (χ4v) is 3.29. The molecule has 0 spiro atoms. The third kappa shape index (κ3) is 2.13. The fourth-order valence-electron chi connectivity index (χ4n) is 2.40. The average Bonchev–Trinajstić information content (AvgIpc) is 2.85. The Kier molecular flexibility index (Phi) is 3.06. The van der Waals surface area contributed by atoms with Crippen LogP contribution in [0, 0.1) is 5.82 Å². The Balaban J connectivity index is 1.90. The van der Waals surface area contributed by atoms with E-state index in [-0.39, 0.29) is 5.82 Å². The molecule has 2 nitrogen and oxygen atoms in total. The largest absolute Gasteiger partial charge is 0.367 e. The molecule has 1 aromatic heterocycles. The Morgan fingerprint density at radius 2 is 2.22 bits per heavy atom. The van der Waals surface area contributed by atoms with Crippen LogP contribution in [0.2, 0.25) is 0 Å². The molecule has 0 fully saturated rings. The predicted octanol–water partition coefficient (Wildman–Crippen LogP) is 2.91. The van der Waals surface area contributed by atoms with E-state index in [2.05, 4.69) is 16.3 Å². The SMILES string of the molecule is NCc1cc(F)cc(N2CCc3sccc3C2)c1. The summed E-state index contributed by atoms with van der Waals surface area (Å²) in [5.74, 6) is -0.205. The van der Waals surface area contributed by atoms with Crippen molar-refractivity contribution in [3.63, 3.8) is 0 Å². The molecule has 0 amide bonds. The number of nitrogens with two attached hydrogens (primary N) is 1. The van der Waals surface area contributed by atoms with Crippen LogP contribution in [0.1, 0.15) is 16.0 Å². The van der Waals surface area contributed by atoms with Gasteiger partial charge in [-0.1, -0.05) is 0 Å². The Labute approximate surface area is 110 Å². The number of halogens is 1. The Morgan fingerprint density at radius 3 is 3.06 bits per heavy atom. The second kappa shape index (κ2) is 4.71. The van der Waals surface area contributed by atoms with Crippen LogP contribution in [-0.2, 0) is 19.5 Å². The van der Waals surface area contributed by atoms with Crippen molar-refractivity contribution < 1.29 is 4.39 Å². The molecule has 3 rings (SSSR count). The summed E-state index contributed by atoms with van der Waals surface area (Å²) in [6, 6.07) is 7.25. The minimum atomic E-state index is -0.205. The molecule has 1 aromatic carbocycles. The predicted molar refractivity (Wildman–Crippen MR) is 73.4 cm³/mol. The molecule has 0 aliphatic carbocycles. The number of fused-ring (bicyclic) bond motifs is 1. The summed E-state index contributed by atoms with van der Waals surface area (Å²) >= 11 is 1.81. The van der Waals surface area contributed by atoms with Gasteiger partial charge in [-0.25, -0.2) is 4.39 Å². The van der Waals surface area contributed by atoms with Crippen LogP contribution in [0.25, 0.3) is 0 Å². The Hall–Kier alpha value is -1.39. The van der Waals surface area contributed by atoms with Gasteiger partial charge < -0.3 is 10.6 Å². The number of benzene rings is 1. The van der Waals surface area contributed by atoms with E-state index in [0.717, 1.165) is 30.8 Å². The molecule has 0 unspecified atom stereocenters. The maximum absolute atomic E-state index is 13.5. The molecule has 94 valence electrons. The first-order valence-electron chi connectivity index (χ1n) is 6.06. The summed E-state index contributed by atoms with van der Waals surface area (Å²) in [6.07, 6.45) is 1.04. The zero-order valence-corrected chi connectivity index (χ0v) is 10.8. The third-order valence-electron chi connectivity index (χ3n) is 3.35. The molecular formula is C14H15FN2S. The maximum Gasteiger partial charge on any atom is 0.125 e. The van der Waals surface area contributed by atoms with Crippen molar-refractivity contribution in [2.75, 3.05) is 11.4 Å². The number of nitrogens with zero attached hydrogens (tertiary/aromatic N) is 1. The van der Waals surface area contributed by atoms with Crippen LogP contribution in [-0.4, -0.2) is 6.54 Å². The number of anilines is 1. The van der Waals surface area contributed by atoms with Crippen LogP contribution in [0.15, 0.2) is 29.6 Å². The molecule has 0 bridgehead atoms. The van der Waals surface area contributed by atoms with Crippen molar-refractivity contribution in [1.29, 1.82) is 0 Å². The van der Waals surface area contributed by atoms with Gasteiger partial charge in [-0.2, -0.15) is 0 Å². The van der Waals surface area contributed by atoms with Crippen molar-refractivity contribution in [1.82, 2.24) is 0 Å². The van der Waals surface area contributed by atoms with Crippen LogP contribution >= 0.6 is 11.3 Å². The van der Waals surface area contributed by atoms with Crippen molar-refractivity contribution in [2.45, 2.75) is 19.5 Å². The summed E-state index contributed by atoms with van der Waals surface area (Å²) < 4.78 is 13.5. The lowest BCUT2D eigenvalue weighted by Gasteiger charge is -2.29. The van der Waals surface area contributed by atoms with Crippen molar-refractivity contribution in [3.05, 3.63) is 51.5 Å². The quantitative estimate of drug-likeness (QED) is 0.901. The molecule has 0 saturated heterocycles. The summed E-state index contributed by atoms with van der Waals surface area (Å²) in [5, 5.41) is 2.13. The van der Waals surface area contributed by atoms with Crippen LogP contribution in [0.4, 0.5) is 10.1 Å². The monoisotopic (exact) mass is 262 g/mol. The highest BCUT2D eigenvalue weighted by atomic mass is 32.1. The molecule has 18 heavy (non-hydrogen) atoms. The van der Waals surface area contributed by atoms with E-state index < -0.39 is 0 Å². The van der Waals surface area contributed by atoms with Gasteiger partial charge in [0, 0.05) is 30.2 Å². The fraction of sp³-hybridized carbons (Fsp3) is 0.286. The smallest absolute Gasteiger partial charge is 0.125 e. The van der Waals surface area contributed by atoms with Crippen LogP contribution < -0.4 is 10.6 Å². The van der Waals surface area contributed by atoms with E-state index in [1.807, 2.05) is 17.4 Å². The van der Waals surface area contributed by atoms with E-state index in [9.17, 15) is 4.39 Å². The summed E-state index contributed by atoms with van der Waals surface area (Å²) in [7, 11) is 0. The van der Waals surface area contributed by atoms with E-state index in [0.29, 0.717) is 6.54 Å². The molecule has 0 atom stereocenters. The van der Waals surface area contributed by atoms with Gasteiger partial charge in [0.2, 0.25) is 0 Å². The topological polar surface area (TPSA) is 29.3 Å². The highest BCUT2D eigenvalue weighted by Crippen LogP contribution is 2.28. The van der Waals surface area contributed by atoms with Crippen LogP contribution in [0.3, 0.4) is 0 Å². The molecule has 2 heterocycles.